The molecule has 0 spiro atoms. The minimum absolute atomic E-state index is 0.0464. The molecule has 1 aromatic carbocycles. The molecular formula is C13H13BrFNO2S2. The number of thiophene rings is 1. The maximum Gasteiger partial charge on any atom is 0.243 e. The highest BCUT2D eigenvalue weighted by molar-refractivity contribution is 9.10. The van der Waals surface area contributed by atoms with Gasteiger partial charge in [0, 0.05) is 18.5 Å². The van der Waals surface area contributed by atoms with Gasteiger partial charge in [-0.1, -0.05) is 0 Å². The topological polar surface area (TPSA) is 37.4 Å². The molecule has 0 N–H and O–H groups in total. The molecule has 20 heavy (non-hydrogen) atoms. The van der Waals surface area contributed by atoms with Gasteiger partial charge in [-0.15, -0.1) is 11.3 Å². The normalized spacial score (nSPS) is 12.1. The summed E-state index contributed by atoms with van der Waals surface area (Å²) in [6, 6.07) is 5.75. The smallest absolute Gasteiger partial charge is 0.207 e. The van der Waals surface area contributed by atoms with Crippen molar-refractivity contribution >= 4 is 37.3 Å². The number of hydrogen-bond donors (Lipinski definition) is 0. The summed E-state index contributed by atoms with van der Waals surface area (Å²) in [4.78, 5) is 0.934. The lowest BCUT2D eigenvalue weighted by Crippen LogP contribution is -2.26. The zero-order valence-corrected chi connectivity index (χ0v) is 14.1. The standard InChI is InChI=1S/C13H13BrFNO2S2/c1-9-5-6-19-13(9)8-16(2)20(17,18)10-3-4-11(14)12(15)7-10/h3-7H,8H2,1-2H3. The Hall–Kier alpha value is -0.760. The van der Waals surface area contributed by atoms with Gasteiger partial charge in [0.15, 0.2) is 0 Å². The van der Waals surface area contributed by atoms with Crippen LogP contribution in [-0.2, 0) is 16.6 Å². The number of benzene rings is 1. The van der Waals surface area contributed by atoms with Gasteiger partial charge in [0.1, 0.15) is 5.82 Å². The first-order valence-corrected chi connectivity index (χ1v) is 8.88. The average molecular weight is 378 g/mol. The van der Waals surface area contributed by atoms with Gasteiger partial charge >= 0.3 is 0 Å². The van der Waals surface area contributed by atoms with Crippen molar-refractivity contribution in [3.8, 4) is 0 Å². The summed E-state index contributed by atoms with van der Waals surface area (Å²) in [5, 5.41) is 1.92. The fourth-order valence-corrected chi connectivity index (χ4v) is 4.11. The first-order valence-electron chi connectivity index (χ1n) is 5.76. The van der Waals surface area contributed by atoms with Crippen molar-refractivity contribution in [1.29, 1.82) is 0 Å². The highest BCUT2D eigenvalue weighted by Crippen LogP contribution is 2.24. The van der Waals surface area contributed by atoms with E-state index in [2.05, 4.69) is 15.9 Å². The van der Waals surface area contributed by atoms with Gasteiger partial charge in [-0.05, 0) is 58.1 Å². The number of rotatable bonds is 4. The minimum atomic E-state index is -3.69. The van der Waals surface area contributed by atoms with Crippen LogP contribution in [0, 0.1) is 12.7 Å². The summed E-state index contributed by atoms with van der Waals surface area (Å²) >= 11 is 4.52. The first-order chi connectivity index (χ1) is 9.32. The van der Waals surface area contributed by atoms with E-state index in [0.29, 0.717) is 0 Å². The lowest BCUT2D eigenvalue weighted by molar-refractivity contribution is 0.468. The van der Waals surface area contributed by atoms with Crippen LogP contribution in [0.4, 0.5) is 4.39 Å². The van der Waals surface area contributed by atoms with E-state index >= 15 is 0 Å². The van der Waals surface area contributed by atoms with Gasteiger partial charge in [0.05, 0.1) is 9.37 Å². The molecule has 2 aromatic rings. The summed E-state index contributed by atoms with van der Waals surface area (Å²) < 4.78 is 39.7. The van der Waals surface area contributed by atoms with Gasteiger partial charge in [0.2, 0.25) is 10.0 Å². The van der Waals surface area contributed by atoms with Crippen LogP contribution in [0.2, 0.25) is 0 Å². The third-order valence-electron chi connectivity index (χ3n) is 2.93. The molecule has 1 aromatic heterocycles. The second-order valence-electron chi connectivity index (χ2n) is 4.36. The molecule has 0 fully saturated rings. The Labute approximate surface area is 130 Å². The van der Waals surface area contributed by atoms with Crippen molar-refractivity contribution in [3.05, 3.63) is 50.4 Å². The molecule has 0 aliphatic rings. The van der Waals surface area contributed by atoms with E-state index in [-0.39, 0.29) is 15.9 Å². The third-order valence-corrected chi connectivity index (χ3v) is 6.38. The van der Waals surface area contributed by atoms with Gasteiger partial charge in [0.25, 0.3) is 0 Å². The number of sulfonamides is 1. The molecule has 3 nitrogen and oxygen atoms in total. The predicted molar refractivity (Wildman–Crippen MR) is 81.8 cm³/mol. The summed E-state index contributed by atoms with van der Waals surface area (Å²) in [5.74, 6) is -0.591. The molecule has 1 heterocycles. The SMILES string of the molecule is Cc1ccsc1CN(C)S(=O)(=O)c1ccc(Br)c(F)c1. The van der Waals surface area contributed by atoms with Crippen molar-refractivity contribution in [3.63, 3.8) is 0 Å². The number of nitrogens with zero attached hydrogens (tertiary/aromatic N) is 1. The number of halogens is 2. The Morgan fingerprint density at radius 3 is 2.60 bits per heavy atom. The van der Waals surface area contributed by atoms with Crippen LogP contribution in [0.1, 0.15) is 10.4 Å². The molecule has 0 radical (unpaired) electrons. The quantitative estimate of drug-likeness (QED) is 0.812. The zero-order chi connectivity index (χ0) is 14.9. The van der Waals surface area contributed by atoms with Gasteiger partial charge < -0.3 is 0 Å². The fourth-order valence-electron chi connectivity index (χ4n) is 1.67. The average Bonchev–Trinajstić information content (AvgIpc) is 2.78. The number of hydrogen-bond acceptors (Lipinski definition) is 3. The monoisotopic (exact) mass is 377 g/mol. The molecule has 0 atom stereocenters. The van der Waals surface area contributed by atoms with Gasteiger partial charge in [-0.3, -0.25) is 0 Å². The Morgan fingerprint density at radius 1 is 1.35 bits per heavy atom. The summed E-state index contributed by atoms with van der Waals surface area (Å²) in [6.45, 7) is 2.22. The second kappa shape index (κ2) is 5.93. The van der Waals surface area contributed by atoms with Crippen LogP contribution in [0.5, 0.6) is 0 Å². The molecule has 7 heteroatoms. The fraction of sp³-hybridized carbons (Fsp3) is 0.231. The molecule has 0 bridgehead atoms. The molecule has 0 unspecified atom stereocenters. The van der Waals surface area contributed by atoms with Crippen molar-refractivity contribution in [1.82, 2.24) is 4.31 Å². The predicted octanol–water partition coefficient (Wildman–Crippen LogP) is 3.78. The summed E-state index contributed by atoms with van der Waals surface area (Å²) in [7, 11) is -2.20. The van der Waals surface area contributed by atoms with Crippen molar-refractivity contribution in [2.24, 2.45) is 0 Å². The Morgan fingerprint density at radius 2 is 2.05 bits per heavy atom. The highest BCUT2D eigenvalue weighted by atomic mass is 79.9. The van der Waals surface area contributed by atoms with E-state index in [4.69, 9.17) is 0 Å². The van der Waals surface area contributed by atoms with Crippen molar-refractivity contribution in [2.45, 2.75) is 18.4 Å². The Balaban J connectivity index is 2.29. The minimum Gasteiger partial charge on any atom is -0.207 e. The lowest BCUT2D eigenvalue weighted by atomic mass is 10.3. The van der Waals surface area contributed by atoms with Gasteiger partial charge in [-0.25, -0.2) is 12.8 Å². The van der Waals surface area contributed by atoms with E-state index in [1.54, 1.807) is 0 Å². The van der Waals surface area contributed by atoms with Crippen LogP contribution in [0.15, 0.2) is 39.0 Å². The zero-order valence-electron chi connectivity index (χ0n) is 10.9. The molecule has 0 saturated heterocycles. The van der Waals surface area contributed by atoms with Gasteiger partial charge in [-0.2, -0.15) is 4.31 Å². The maximum absolute atomic E-state index is 13.5. The number of aryl methyl sites for hydroxylation is 1. The Kier molecular flexibility index (Phi) is 4.63. The molecular weight excluding hydrogens is 365 g/mol. The maximum atomic E-state index is 13.5. The molecule has 108 valence electrons. The first kappa shape index (κ1) is 15.6. The second-order valence-corrected chi connectivity index (χ2v) is 8.26. The van der Waals surface area contributed by atoms with E-state index in [1.807, 2.05) is 18.4 Å². The van der Waals surface area contributed by atoms with E-state index in [0.717, 1.165) is 16.5 Å². The summed E-state index contributed by atoms with van der Waals surface area (Å²) in [6.07, 6.45) is 0. The van der Waals surface area contributed by atoms with Crippen LogP contribution in [0.3, 0.4) is 0 Å². The molecule has 0 saturated carbocycles. The highest BCUT2D eigenvalue weighted by Gasteiger charge is 2.22. The molecule has 2 rings (SSSR count). The Bertz CT molecular complexity index is 728. The largest absolute Gasteiger partial charge is 0.243 e. The third kappa shape index (κ3) is 3.11. The van der Waals surface area contributed by atoms with E-state index in [9.17, 15) is 12.8 Å². The van der Waals surface area contributed by atoms with Crippen molar-refractivity contribution < 1.29 is 12.8 Å². The molecule has 0 aliphatic heterocycles. The van der Waals surface area contributed by atoms with E-state index < -0.39 is 15.8 Å². The molecule has 0 amide bonds. The van der Waals surface area contributed by atoms with E-state index in [1.165, 1.54) is 34.8 Å². The lowest BCUT2D eigenvalue weighted by Gasteiger charge is -2.17. The molecule has 0 aliphatic carbocycles. The van der Waals surface area contributed by atoms with Crippen LogP contribution in [0.25, 0.3) is 0 Å². The summed E-state index contributed by atoms with van der Waals surface area (Å²) in [5.41, 5.74) is 1.05. The van der Waals surface area contributed by atoms with Crippen LogP contribution >= 0.6 is 27.3 Å². The van der Waals surface area contributed by atoms with Crippen LogP contribution in [-0.4, -0.2) is 19.8 Å². The van der Waals surface area contributed by atoms with Crippen molar-refractivity contribution in [2.75, 3.05) is 7.05 Å². The van der Waals surface area contributed by atoms with Crippen LogP contribution < -0.4 is 0 Å².